The Hall–Kier alpha value is -0.935. The molecule has 5 heteroatoms. The largest absolute Gasteiger partial charge is 0.396 e. The Morgan fingerprint density at radius 2 is 2.14 bits per heavy atom. The highest BCUT2D eigenvalue weighted by molar-refractivity contribution is 7.80. The van der Waals surface area contributed by atoms with Gasteiger partial charge in [0.25, 0.3) is 7.41 Å². The summed E-state index contributed by atoms with van der Waals surface area (Å²) in [7, 11) is 0.515. The molecular formula is C9H13BN2OS. The average molecular weight is 208 g/mol. The highest BCUT2D eigenvalue weighted by Crippen LogP contribution is 1.83. The van der Waals surface area contributed by atoms with Crippen molar-refractivity contribution in [3.8, 4) is 0 Å². The summed E-state index contributed by atoms with van der Waals surface area (Å²) in [5, 5.41) is 2.74. The van der Waals surface area contributed by atoms with Crippen molar-refractivity contribution < 1.29 is 4.79 Å². The number of carbonyl (C=O) groups excluding carboxylic acids is 1. The lowest BCUT2D eigenvalue weighted by atomic mass is 9.83. The molecule has 1 aromatic carbocycles. The maximum Gasteiger partial charge on any atom is 0.269 e. The molecule has 1 rings (SSSR count). The van der Waals surface area contributed by atoms with E-state index in [9.17, 15) is 4.79 Å². The van der Waals surface area contributed by atoms with E-state index in [0.717, 1.165) is 5.46 Å². The van der Waals surface area contributed by atoms with Gasteiger partial charge in [-0.3, -0.25) is 4.79 Å². The molecule has 14 heavy (non-hydrogen) atoms. The van der Waals surface area contributed by atoms with Gasteiger partial charge in [-0.05, 0) is 0 Å². The van der Waals surface area contributed by atoms with Crippen molar-refractivity contribution >= 4 is 31.4 Å². The standard InChI is InChI=1S/C9H13BN2OS/c11-8(6-14)9(13)12-10-7-4-2-1-3-5-7/h1-5,8,10,14H,6,11H2,(H,12,13)/t8-/m0/s1. The third kappa shape index (κ3) is 3.43. The van der Waals surface area contributed by atoms with E-state index in [1.165, 1.54) is 0 Å². The number of thiol groups is 1. The second kappa shape index (κ2) is 5.72. The molecule has 0 spiro atoms. The highest BCUT2D eigenvalue weighted by Gasteiger charge is 2.10. The molecule has 1 atom stereocenters. The van der Waals surface area contributed by atoms with Crippen LogP contribution in [0.25, 0.3) is 0 Å². The third-order valence-electron chi connectivity index (χ3n) is 1.84. The first kappa shape index (κ1) is 11.1. The number of nitrogens with two attached hydrogens (primary N) is 1. The molecule has 0 radical (unpaired) electrons. The molecule has 74 valence electrons. The summed E-state index contributed by atoms with van der Waals surface area (Å²) in [6.07, 6.45) is 0. The van der Waals surface area contributed by atoms with E-state index in [1.807, 2.05) is 30.3 Å². The van der Waals surface area contributed by atoms with E-state index in [2.05, 4.69) is 17.9 Å². The van der Waals surface area contributed by atoms with Crippen molar-refractivity contribution in [1.82, 2.24) is 5.23 Å². The summed E-state index contributed by atoms with van der Waals surface area (Å²) in [5.41, 5.74) is 6.55. The van der Waals surface area contributed by atoms with Gasteiger partial charge in [-0.1, -0.05) is 35.8 Å². The zero-order valence-electron chi connectivity index (χ0n) is 7.81. The Labute approximate surface area is 89.7 Å². The van der Waals surface area contributed by atoms with Crippen molar-refractivity contribution in [2.24, 2.45) is 5.73 Å². The van der Waals surface area contributed by atoms with Crippen LogP contribution in [0.5, 0.6) is 0 Å². The number of hydrogen-bond donors (Lipinski definition) is 3. The molecule has 0 fully saturated rings. The SMILES string of the molecule is N[C@@H](CS)C(=O)NBc1ccccc1. The maximum absolute atomic E-state index is 11.3. The molecule has 0 aliphatic rings. The van der Waals surface area contributed by atoms with Crippen LogP contribution in [-0.4, -0.2) is 25.1 Å². The number of carbonyl (C=O) groups is 1. The van der Waals surface area contributed by atoms with Crippen molar-refractivity contribution in [2.45, 2.75) is 6.04 Å². The van der Waals surface area contributed by atoms with Gasteiger partial charge in [-0.2, -0.15) is 12.6 Å². The van der Waals surface area contributed by atoms with E-state index in [4.69, 9.17) is 5.73 Å². The lowest BCUT2D eigenvalue weighted by Gasteiger charge is -2.08. The number of amides is 1. The molecule has 0 saturated carbocycles. The predicted octanol–water partition coefficient (Wildman–Crippen LogP) is -0.963. The van der Waals surface area contributed by atoms with Gasteiger partial charge in [0.05, 0.1) is 6.04 Å². The quantitative estimate of drug-likeness (QED) is 0.440. The van der Waals surface area contributed by atoms with Crippen LogP contribution >= 0.6 is 12.6 Å². The van der Waals surface area contributed by atoms with Crippen LogP contribution in [0, 0.1) is 0 Å². The fourth-order valence-electron chi connectivity index (χ4n) is 0.999. The second-order valence-electron chi connectivity index (χ2n) is 2.99. The zero-order chi connectivity index (χ0) is 10.4. The van der Waals surface area contributed by atoms with Crippen LogP contribution < -0.4 is 16.4 Å². The van der Waals surface area contributed by atoms with Gasteiger partial charge in [0, 0.05) is 5.75 Å². The molecule has 0 aromatic heterocycles. The molecule has 0 unspecified atom stereocenters. The van der Waals surface area contributed by atoms with E-state index in [0.29, 0.717) is 13.2 Å². The van der Waals surface area contributed by atoms with E-state index in [-0.39, 0.29) is 5.91 Å². The molecule has 0 heterocycles. The second-order valence-corrected chi connectivity index (χ2v) is 3.36. The topological polar surface area (TPSA) is 55.1 Å². The molecule has 0 aliphatic heterocycles. The lowest BCUT2D eigenvalue weighted by molar-refractivity contribution is -0.120. The van der Waals surface area contributed by atoms with Crippen molar-refractivity contribution in [3.05, 3.63) is 30.3 Å². The molecule has 0 aliphatic carbocycles. The number of nitrogens with one attached hydrogen (secondary N) is 1. The monoisotopic (exact) mass is 208 g/mol. The molecule has 3 N–H and O–H groups in total. The van der Waals surface area contributed by atoms with Crippen LogP contribution in [0.2, 0.25) is 0 Å². The Balaban J connectivity index is 2.38. The first-order chi connectivity index (χ1) is 6.74. The third-order valence-corrected chi connectivity index (χ3v) is 2.24. The molecule has 1 aromatic rings. The van der Waals surface area contributed by atoms with Gasteiger partial charge in [-0.25, -0.2) is 0 Å². The van der Waals surface area contributed by atoms with Crippen molar-refractivity contribution in [1.29, 1.82) is 0 Å². The number of benzene rings is 1. The highest BCUT2D eigenvalue weighted by atomic mass is 32.1. The minimum absolute atomic E-state index is 0.163. The van der Waals surface area contributed by atoms with E-state index >= 15 is 0 Å². The summed E-state index contributed by atoms with van der Waals surface area (Å²) < 4.78 is 0. The van der Waals surface area contributed by atoms with Crippen LogP contribution in [0.15, 0.2) is 30.3 Å². The lowest BCUT2D eigenvalue weighted by Crippen LogP contribution is -2.46. The summed E-state index contributed by atoms with van der Waals surface area (Å²) in [6.45, 7) is 0. The Morgan fingerprint density at radius 1 is 1.50 bits per heavy atom. The van der Waals surface area contributed by atoms with Gasteiger partial charge < -0.3 is 11.0 Å². The van der Waals surface area contributed by atoms with Crippen LogP contribution in [-0.2, 0) is 4.79 Å². The maximum atomic E-state index is 11.3. The van der Waals surface area contributed by atoms with Crippen LogP contribution in [0.4, 0.5) is 0 Å². The molecule has 0 bridgehead atoms. The van der Waals surface area contributed by atoms with Gasteiger partial charge in [0.1, 0.15) is 0 Å². The first-order valence-electron chi connectivity index (χ1n) is 4.42. The zero-order valence-corrected chi connectivity index (χ0v) is 8.71. The Bertz CT molecular complexity index is 294. The van der Waals surface area contributed by atoms with Gasteiger partial charge in [0.15, 0.2) is 0 Å². The minimum atomic E-state index is -0.526. The Morgan fingerprint density at radius 3 is 2.71 bits per heavy atom. The summed E-state index contributed by atoms with van der Waals surface area (Å²) in [5.74, 6) is 0.199. The van der Waals surface area contributed by atoms with E-state index < -0.39 is 6.04 Å². The molecule has 1 amide bonds. The number of hydrogen-bond acceptors (Lipinski definition) is 3. The number of rotatable bonds is 4. The van der Waals surface area contributed by atoms with E-state index in [1.54, 1.807) is 0 Å². The Kier molecular flexibility index (Phi) is 4.55. The summed E-state index contributed by atoms with van der Waals surface area (Å²) >= 11 is 3.95. The average Bonchev–Trinajstić information content (AvgIpc) is 2.26. The fraction of sp³-hybridized carbons (Fsp3) is 0.222. The summed E-state index contributed by atoms with van der Waals surface area (Å²) in [6, 6.07) is 9.17. The smallest absolute Gasteiger partial charge is 0.269 e. The molecular weight excluding hydrogens is 195 g/mol. The van der Waals surface area contributed by atoms with Gasteiger partial charge in [-0.15, -0.1) is 0 Å². The molecule has 0 saturated heterocycles. The van der Waals surface area contributed by atoms with Crippen LogP contribution in [0.3, 0.4) is 0 Å². The first-order valence-corrected chi connectivity index (χ1v) is 5.05. The normalized spacial score (nSPS) is 11.9. The predicted molar refractivity (Wildman–Crippen MR) is 63.2 cm³/mol. The molecule has 3 nitrogen and oxygen atoms in total. The van der Waals surface area contributed by atoms with Crippen molar-refractivity contribution in [3.63, 3.8) is 0 Å². The summed E-state index contributed by atoms with van der Waals surface area (Å²) in [4.78, 5) is 11.3. The minimum Gasteiger partial charge on any atom is -0.396 e. The fourth-order valence-corrected chi connectivity index (χ4v) is 1.16. The van der Waals surface area contributed by atoms with Crippen molar-refractivity contribution in [2.75, 3.05) is 5.75 Å². The van der Waals surface area contributed by atoms with Gasteiger partial charge in [0.2, 0.25) is 5.91 Å². The van der Waals surface area contributed by atoms with Crippen LogP contribution in [0.1, 0.15) is 0 Å². The van der Waals surface area contributed by atoms with Gasteiger partial charge >= 0.3 is 0 Å².